The zero-order valence-corrected chi connectivity index (χ0v) is 19.7. The summed E-state index contributed by atoms with van der Waals surface area (Å²) in [6.07, 6.45) is 23.0. The second-order valence-electron chi connectivity index (χ2n) is 7.60. The average molecular weight is 449 g/mol. The van der Waals surface area contributed by atoms with Gasteiger partial charge in [0, 0.05) is 17.8 Å². The number of aliphatic hydroxyl groups excluding tert-OH is 1. The van der Waals surface area contributed by atoms with Crippen molar-refractivity contribution < 1.29 is 9.84 Å². The lowest BCUT2D eigenvalue weighted by molar-refractivity contribution is 0.342. The molecule has 0 amide bonds. The number of ether oxygens (including phenoxy) is 1. The van der Waals surface area contributed by atoms with Crippen molar-refractivity contribution in [2.24, 2.45) is 11.7 Å². The average Bonchev–Trinajstić information content (AvgIpc) is 3.27. The lowest BCUT2D eigenvalue weighted by atomic mass is 9.90. The molecule has 0 saturated heterocycles. The number of aliphatic hydroxyl groups is 1. The van der Waals surface area contributed by atoms with Gasteiger partial charge in [0.25, 0.3) is 0 Å². The van der Waals surface area contributed by atoms with Crippen molar-refractivity contribution in [3.05, 3.63) is 89.4 Å². The number of aromatic amines is 1. The first-order chi connectivity index (χ1) is 16.0. The summed E-state index contributed by atoms with van der Waals surface area (Å²) in [4.78, 5) is 7.35. The minimum atomic E-state index is -0.0285. The molecule has 6 heteroatoms. The molecule has 0 fully saturated rings. The largest absolute Gasteiger partial charge is 0.497 e. The van der Waals surface area contributed by atoms with E-state index in [0.29, 0.717) is 11.9 Å². The van der Waals surface area contributed by atoms with E-state index in [0.717, 1.165) is 41.0 Å². The second-order valence-corrected chi connectivity index (χ2v) is 7.60. The summed E-state index contributed by atoms with van der Waals surface area (Å²) in [7, 11) is 1.66. The van der Waals surface area contributed by atoms with Gasteiger partial charge in [-0.3, -0.25) is 0 Å². The third kappa shape index (κ3) is 9.14. The Kier molecular flexibility index (Phi) is 12.6. The van der Waals surface area contributed by atoms with Crippen LogP contribution in [0.1, 0.15) is 43.9 Å². The number of nitrogens with two attached hydrogens (primary N) is 2. The highest BCUT2D eigenvalue weighted by molar-refractivity contribution is 5.46. The van der Waals surface area contributed by atoms with Crippen molar-refractivity contribution in [2.75, 3.05) is 19.5 Å². The smallest absolute Gasteiger partial charge is 0.197 e. The molecule has 1 heterocycles. The fraction of sp³-hybridized carbons (Fsp3) is 0.296. The van der Waals surface area contributed by atoms with Crippen LogP contribution in [0.4, 0.5) is 5.95 Å². The van der Waals surface area contributed by atoms with Crippen LogP contribution >= 0.6 is 0 Å². The van der Waals surface area contributed by atoms with Gasteiger partial charge in [-0.25, -0.2) is 4.98 Å². The normalized spacial score (nSPS) is 13.3. The molecule has 1 aromatic heterocycles. The Bertz CT molecular complexity index is 964. The number of nitrogens with zero attached hydrogens (tertiary/aromatic N) is 1. The van der Waals surface area contributed by atoms with Gasteiger partial charge in [0.2, 0.25) is 0 Å². The summed E-state index contributed by atoms with van der Waals surface area (Å²) in [5, 5.41) is 9.13. The molecule has 176 valence electrons. The molecule has 0 aliphatic rings. The minimum absolute atomic E-state index is 0.0285. The molecule has 33 heavy (non-hydrogen) atoms. The fourth-order valence-electron chi connectivity index (χ4n) is 3.28. The number of imidazole rings is 1. The lowest BCUT2D eigenvalue weighted by Crippen LogP contribution is -2.02. The predicted octanol–water partition coefficient (Wildman–Crippen LogP) is 4.69. The molecular formula is C27H36N4O2. The Morgan fingerprint density at radius 2 is 1.88 bits per heavy atom. The monoisotopic (exact) mass is 448 g/mol. The van der Waals surface area contributed by atoms with Crippen LogP contribution in [0.3, 0.4) is 0 Å². The third-order valence-electron chi connectivity index (χ3n) is 4.90. The first kappa shape index (κ1) is 27.3. The summed E-state index contributed by atoms with van der Waals surface area (Å²) in [5.41, 5.74) is 15.7. The van der Waals surface area contributed by atoms with Crippen LogP contribution < -0.4 is 16.2 Å². The van der Waals surface area contributed by atoms with E-state index in [1.807, 2.05) is 18.2 Å². The lowest BCUT2D eigenvalue weighted by Gasteiger charge is -2.16. The fourth-order valence-corrected chi connectivity index (χ4v) is 3.28. The Balaban J connectivity index is 0.00000265. The number of aromatic nitrogens is 2. The number of H-pyrrole nitrogens is 1. The van der Waals surface area contributed by atoms with Crippen molar-refractivity contribution in [1.29, 1.82) is 0 Å². The minimum Gasteiger partial charge on any atom is -0.497 e. The molecule has 1 atom stereocenters. The molecule has 2 rings (SSSR count). The van der Waals surface area contributed by atoms with Crippen LogP contribution in [0.25, 0.3) is 0 Å². The van der Waals surface area contributed by atoms with E-state index in [-0.39, 0.29) is 12.5 Å². The molecule has 0 aliphatic heterocycles. The number of nitrogen functional groups attached to an aromatic ring is 1. The Morgan fingerprint density at radius 3 is 2.39 bits per heavy atom. The molecule has 0 spiro atoms. The number of benzene rings is 1. The van der Waals surface area contributed by atoms with E-state index in [1.54, 1.807) is 25.6 Å². The molecular weight excluding hydrogens is 412 g/mol. The van der Waals surface area contributed by atoms with E-state index >= 15 is 0 Å². The summed E-state index contributed by atoms with van der Waals surface area (Å²) in [6, 6.07) is 8.06. The molecule has 0 radical (unpaired) electrons. The Labute approximate surface area is 197 Å². The van der Waals surface area contributed by atoms with Crippen LogP contribution in [0.15, 0.2) is 78.2 Å². The van der Waals surface area contributed by atoms with Gasteiger partial charge >= 0.3 is 0 Å². The van der Waals surface area contributed by atoms with Gasteiger partial charge in [0.05, 0.1) is 19.9 Å². The summed E-state index contributed by atoms with van der Waals surface area (Å²) in [6.45, 7) is 4.23. The van der Waals surface area contributed by atoms with Crippen LogP contribution in [0.2, 0.25) is 0 Å². The second kappa shape index (κ2) is 15.2. The summed E-state index contributed by atoms with van der Waals surface area (Å²) in [5.74, 6) is 1.76. The number of terminal acetylenes is 1. The molecule has 0 aliphatic carbocycles. The van der Waals surface area contributed by atoms with E-state index in [1.165, 1.54) is 0 Å². The molecule has 2 aromatic rings. The first-order valence-corrected chi connectivity index (χ1v) is 10.8. The van der Waals surface area contributed by atoms with Gasteiger partial charge in [-0.15, -0.1) is 12.8 Å². The number of rotatable bonds is 11. The number of anilines is 1. The molecule has 1 aromatic carbocycles. The van der Waals surface area contributed by atoms with Crippen molar-refractivity contribution in [3.63, 3.8) is 0 Å². The van der Waals surface area contributed by atoms with Crippen LogP contribution in [-0.2, 0) is 0 Å². The quantitative estimate of drug-likeness (QED) is 0.294. The SMILES string of the molecule is C#C.COc1ccc(C(CC/C=C(\C=C/C(C)C)C(/C=C\CO)=C/N)c2cnc(N)[nH]2)cc1. The zero-order chi connectivity index (χ0) is 24.6. The van der Waals surface area contributed by atoms with E-state index in [2.05, 4.69) is 67.0 Å². The predicted molar refractivity (Wildman–Crippen MR) is 138 cm³/mol. The molecule has 6 nitrogen and oxygen atoms in total. The summed E-state index contributed by atoms with van der Waals surface area (Å²) < 4.78 is 5.29. The Morgan fingerprint density at radius 1 is 1.18 bits per heavy atom. The van der Waals surface area contributed by atoms with Crippen molar-refractivity contribution >= 4 is 5.95 Å². The van der Waals surface area contributed by atoms with Gasteiger partial charge < -0.3 is 26.3 Å². The van der Waals surface area contributed by atoms with Crippen LogP contribution in [0, 0.1) is 18.8 Å². The van der Waals surface area contributed by atoms with Crippen LogP contribution in [0.5, 0.6) is 5.75 Å². The van der Waals surface area contributed by atoms with Gasteiger partial charge in [0.15, 0.2) is 5.95 Å². The molecule has 1 unspecified atom stereocenters. The topological polar surface area (TPSA) is 110 Å². The number of hydrogen-bond acceptors (Lipinski definition) is 5. The molecule has 6 N–H and O–H groups in total. The van der Waals surface area contributed by atoms with Crippen molar-refractivity contribution in [1.82, 2.24) is 9.97 Å². The maximum Gasteiger partial charge on any atom is 0.197 e. The maximum atomic E-state index is 9.13. The van der Waals surface area contributed by atoms with Gasteiger partial charge in [-0.2, -0.15) is 0 Å². The van der Waals surface area contributed by atoms with E-state index in [9.17, 15) is 0 Å². The van der Waals surface area contributed by atoms with Gasteiger partial charge in [-0.05, 0) is 47.6 Å². The standard InChI is InChI=1S/C25H34N4O2.C2H2/c1-18(2)9-10-19(21(16-26)7-5-15-30)6-4-8-23(24-17-28-25(27)29-24)20-11-13-22(31-3)14-12-20;1-2/h5-7,9-14,16-18,23,30H,4,8,15,26H2,1-3H3,(H3,27,28,29);1-2H/b7-5-,10-9-,19-6+,21-16+;. The number of nitrogens with one attached hydrogen (secondary N) is 1. The van der Waals surface area contributed by atoms with Gasteiger partial charge in [0.1, 0.15) is 5.75 Å². The number of hydrogen-bond donors (Lipinski definition) is 4. The zero-order valence-electron chi connectivity index (χ0n) is 19.7. The van der Waals surface area contributed by atoms with E-state index in [4.69, 9.17) is 21.3 Å². The molecule has 0 bridgehead atoms. The first-order valence-electron chi connectivity index (χ1n) is 10.8. The number of allylic oxidation sites excluding steroid dienone is 6. The third-order valence-corrected chi connectivity index (χ3v) is 4.90. The molecule has 0 saturated carbocycles. The van der Waals surface area contributed by atoms with Crippen molar-refractivity contribution in [2.45, 2.75) is 32.6 Å². The maximum absolute atomic E-state index is 9.13. The Hall–Kier alpha value is -3.69. The summed E-state index contributed by atoms with van der Waals surface area (Å²) >= 11 is 0. The highest BCUT2D eigenvalue weighted by Gasteiger charge is 2.16. The van der Waals surface area contributed by atoms with Gasteiger partial charge in [-0.1, -0.05) is 56.4 Å². The van der Waals surface area contributed by atoms with E-state index < -0.39 is 0 Å². The van der Waals surface area contributed by atoms with Crippen LogP contribution in [-0.4, -0.2) is 28.8 Å². The highest BCUT2D eigenvalue weighted by atomic mass is 16.5. The number of methoxy groups -OCH3 is 1. The highest BCUT2D eigenvalue weighted by Crippen LogP contribution is 2.30. The van der Waals surface area contributed by atoms with Crippen molar-refractivity contribution in [3.8, 4) is 18.6 Å².